The van der Waals surface area contributed by atoms with Gasteiger partial charge in [0.15, 0.2) is 0 Å². The standard InChI is InChI=1S/C33H43ClN2O4S.C4H11N.C2H6/c1-5-7-23-16-27(34)12-14-28(23)26-19-36-18-25-10-13-29(25)31(39-4)9-6-8-21(2)22(3)41(38)35-33(37)24-11-15-32(40-20-26)30(36)17-24;1-4-5(2)3;1-2/h6,9,11-12,14-17,21-22,25-26,29,31H,5,7-8,10,13,18-20H2,1-4H3,(H,35,37);4H2,1-3H3;1-2H3/b9-6+;;. The van der Waals surface area contributed by atoms with E-state index in [1.165, 1.54) is 11.1 Å². The van der Waals surface area contributed by atoms with Gasteiger partial charge in [-0.15, -0.1) is 0 Å². The molecule has 0 saturated heterocycles. The summed E-state index contributed by atoms with van der Waals surface area (Å²) in [6.45, 7) is 15.6. The normalized spacial score (nSPS) is 27.8. The van der Waals surface area contributed by atoms with E-state index < -0.39 is 11.0 Å². The SMILES string of the molecule is CC.CCCc1cc(Cl)ccc1C1COc2ccc3cc2N(C1)CC1CCC1C(OC)/C=C/CC(C)C(C)S(=O)NC3=O.CCN(C)C. The molecule has 2 heterocycles. The van der Waals surface area contributed by atoms with Gasteiger partial charge in [0.25, 0.3) is 5.91 Å². The summed E-state index contributed by atoms with van der Waals surface area (Å²) >= 11 is 6.40. The summed E-state index contributed by atoms with van der Waals surface area (Å²) in [7, 11) is 4.41. The van der Waals surface area contributed by atoms with E-state index in [1.54, 1.807) is 13.2 Å². The smallest absolute Gasteiger partial charge is 0.263 e. The highest BCUT2D eigenvalue weighted by atomic mass is 35.5. The van der Waals surface area contributed by atoms with E-state index >= 15 is 0 Å². The molecule has 1 aliphatic carbocycles. The van der Waals surface area contributed by atoms with Crippen LogP contribution in [0, 0.1) is 17.8 Å². The van der Waals surface area contributed by atoms with Crippen molar-refractivity contribution in [2.24, 2.45) is 17.8 Å². The molecule has 0 radical (unpaired) electrons. The van der Waals surface area contributed by atoms with Crippen molar-refractivity contribution in [2.45, 2.75) is 90.9 Å². The summed E-state index contributed by atoms with van der Waals surface area (Å²) in [6, 6.07) is 11.8. The van der Waals surface area contributed by atoms with Gasteiger partial charge < -0.3 is 19.3 Å². The molecule has 2 bridgehead atoms. The quantitative estimate of drug-likeness (QED) is 0.317. The van der Waals surface area contributed by atoms with Crippen LogP contribution in [0.5, 0.6) is 5.75 Å². The third kappa shape index (κ3) is 10.6. The number of hydrogen-bond acceptors (Lipinski definition) is 6. The van der Waals surface area contributed by atoms with Crippen molar-refractivity contribution < 1.29 is 18.5 Å². The summed E-state index contributed by atoms with van der Waals surface area (Å²) in [4.78, 5) is 17.8. The first-order chi connectivity index (χ1) is 23.1. The Morgan fingerprint density at radius 3 is 2.44 bits per heavy atom. The zero-order valence-corrected chi connectivity index (χ0v) is 32.3. The van der Waals surface area contributed by atoms with Crippen LogP contribution in [-0.2, 0) is 22.1 Å². The largest absolute Gasteiger partial charge is 0.491 e. The van der Waals surface area contributed by atoms with Crippen molar-refractivity contribution in [1.29, 1.82) is 0 Å². The molecule has 1 saturated carbocycles. The minimum Gasteiger partial charge on any atom is -0.491 e. The second-order valence-corrected chi connectivity index (χ2v) is 15.3. The molecule has 1 amide bonds. The number of methoxy groups -OCH3 is 1. The lowest BCUT2D eigenvalue weighted by Gasteiger charge is -2.43. The number of allylic oxidation sites excluding steroid dienone is 1. The van der Waals surface area contributed by atoms with Crippen molar-refractivity contribution in [3.63, 3.8) is 0 Å². The van der Waals surface area contributed by atoms with Crippen LogP contribution >= 0.6 is 11.6 Å². The van der Waals surface area contributed by atoms with Gasteiger partial charge in [0.2, 0.25) is 0 Å². The number of hydrogen-bond donors (Lipinski definition) is 1. The summed E-state index contributed by atoms with van der Waals surface area (Å²) in [6.07, 6.45) is 9.47. The molecule has 9 heteroatoms. The molecule has 3 aliphatic rings. The molecule has 1 fully saturated rings. The van der Waals surface area contributed by atoms with E-state index in [0.717, 1.165) is 68.2 Å². The molecular weight excluding hydrogens is 642 g/mol. The predicted octanol–water partition coefficient (Wildman–Crippen LogP) is 8.29. The number of fused-ring (bicyclic) bond motifs is 2. The molecule has 7 nitrogen and oxygen atoms in total. The van der Waals surface area contributed by atoms with Crippen molar-refractivity contribution in [1.82, 2.24) is 9.62 Å². The van der Waals surface area contributed by atoms with E-state index in [-0.39, 0.29) is 29.1 Å². The molecule has 268 valence electrons. The van der Waals surface area contributed by atoms with E-state index in [4.69, 9.17) is 21.1 Å². The molecule has 2 aliphatic heterocycles. The Hall–Kier alpha value is -2.39. The fourth-order valence-corrected chi connectivity index (χ4v) is 7.68. The Labute approximate surface area is 298 Å². The number of benzene rings is 2. The summed E-state index contributed by atoms with van der Waals surface area (Å²) in [5.41, 5.74) is 3.95. The highest BCUT2D eigenvalue weighted by molar-refractivity contribution is 7.84. The number of carbonyl (C=O) groups is 1. The molecule has 1 N–H and O–H groups in total. The summed E-state index contributed by atoms with van der Waals surface area (Å²) in [5.74, 6) is 1.64. The predicted molar refractivity (Wildman–Crippen MR) is 203 cm³/mol. The Kier molecular flexibility index (Phi) is 16.4. The van der Waals surface area contributed by atoms with E-state index in [1.807, 2.05) is 39.0 Å². The Bertz CT molecular complexity index is 1370. The van der Waals surface area contributed by atoms with Gasteiger partial charge >= 0.3 is 0 Å². The fourth-order valence-electron chi connectivity index (χ4n) is 6.46. The maximum Gasteiger partial charge on any atom is 0.263 e. The minimum atomic E-state index is -1.50. The van der Waals surface area contributed by atoms with Gasteiger partial charge in [-0.1, -0.05) is 70.9 Å². The van der Waals surface area contributed by atoms with Gasteiger partial charge in [-0.25, -0.2) is 4.21 Å². The highest BCUT2D eigenvalue weighted by Gasteiger charge is 2.39. The van der Waals surface area contributed by atoms with E-state index in [2.05, 4.69) is 73.7 Å². The van der Waals surface area contributed by atoms with Gasteiger partial charge in [-0.3, -0.25) is 9.52 Å². The summed E-state index contributed by atoms with van der Waals surface area (Å²) in [5, 5.41) is 0.569. The number of anilines is 1. The van der Waals surface area contributed by atoms with Gasteiger partial charge in [-0.05, 0) is 112 Å². The van der Waals surface area contributed by atoms with Crippen molar-refractivity contribution >= 4 is 34.2 Å². The molecule has 5 rings (SSSR count). The lowest BCUT2D eigenvalue weighted by Crippen LogP contribution is -2.44. The summed E-state index contributed by atoms with van der Waals surface area (Å²) < 4.78 is 28.3. The van der Waals surface area contributed by atoms with Crippen LogP contribution in [-0.4, -0.2) is 73.8 Å². The molecule has 7 unspecified atom stereocenters. The van der Waals surface area contributed by atoms with Crippen LogP contribution in [0.4, 0.5) is 5.69 Å². The second kappa shape index (κ2) is 19.7. The Balaban J connectivity index is 0.000000818. The molecular formula is C39H60ClN3O4S. The number of ether oxygens (including phenoxy) is 2. The fraction of sp³-hybridized carbons (Fsp3) is 0.615. The first-order valence-electron chi connectivity index (χ1n) is 17.9. The lowest BCUT2D eigenvalue weighted by molar-refractivity contribution is 0.0134. The van der Waals surface area contributed by atoms with Crippen molar-refractivity contribution in [3.05, 3.63) is 70.3 Å². The number of aryl methyl sites for hydroxylation is 1. The monoisotopic (exact) mass is 701 g/mol. The molecule has 48 heavy (non-hydrogen) atoms. The first kappa shape index (κ1) is 40.0. The molecule has 7 atom stereocenters. The van der Waals surface area contributed by atoms with E-state index in [0.29, 0.717) is 24.0 Å². The number of carbonyl (C=O) groups excluding carboxylic acids is 1. The van der Waals surface area contributed by atoms with Crippen LogP contribution in [0.2, 0.25) is 5.02 Å². The average Bonchev–Trinajstić information content (AvgIpc) is 3.25. The maximum atomic E-state index is 13.3. The number of amides is 1. The maximum absolute atomic E-state index is 13.3. The van der Waals surface area contributed by atoms with Gasteiger partial charge in [0.1, 0.15) is 16.7 Å². The Morgan fingerprint density at radius 1 is 1.08 bits per heavy atom. The van der Waals surface area contributed by atoms with Crippen LogP contribution in [0.3, 0.4) is 0 Å². The number of halogens is 1. The number of nitrogens with one attached hydrogen (secondary N) is 1. The second-order valence-electron chi connectivity index (χ2n) is 13.4. The lowest BCUT2D eigenvalue weighted by atomic mass is 9.70. The topological polar surface area (TPSA) is 71.1 Å². The van der Waals surface area contributed by atoms with Crippen LogP contribution in [0.1, 0.15) is 94.6 Å². The van der Waals surface area contributed by atoms with Crippen LogP contribution in [0.25, 0.3) is 0 Å². The van der Waals surface area contributed by atoms with Gasteiger partial charge in [0.05, 0.1) is 23.6 Å². The highest BCUT2D eigenvalue weighted by Crippen LogP contribution is 2.43. The molecule has 0 aromatic heterocycles. The molecule has 0 spiro atoms. The third-order valence-corrected chi connectivity index (χ3v) is 11.7. The third-order valence-electron chi connectivity index (χ3n) is 9.93. The first-order valence-corrected chi connectivity index (χ1v) is 19.5. The zero-order valence-electron chi connectivity index (χ0n) is 30.8. The average molecular weight is 702 g/mol. The van der Waals surface area contributed by atoms with Crippen molar-refractivity contribution in [3.8, 4) is 5.75 Å². The zero-order chi connectivity index (χ0) is 35.4. The van der Waals surface area contributed by atoms with Crippen LogP contribution in [0.15, 0.2) is 48.6 Å². The minimum absolute atomic E-state index is 0.0478. The van der Waals surface area contributed by atoms with Gasteiger partial charge in [-0.2, -0.15) is 0 Å². The van der Waals surface area contributed by atoms with Crippen molar-refractivity contribution in [2.75, 3.05) is 52.3 Å². The van der Waals surface area contributed by atoms with Crippen LogP contribution < -0.4 is 14.4 Å². The van der Waals surface area contributed by atoms with Gasteiger partial charge in [0, 0.05) is 36.7 Å². The molecule has 2 aromatic rings. The van der Waals surface area contributed by atoms with E-state index in [9.17, 15) is 9.00 Å². The Morgan fingerprint density at radius 2 is 1.81 bits per heavy atom. The number of nitrogens with zero attached hydrogens (tertiary/aromatic N) is 2. The molecule has 2 aromatic carbocycles. The number of rotatable bonds is 5.